The lowest BCUT2D eigenvalue weighted by Gasteiger charge is -2.66. The summed E-state index contributed by atoms with van der Waals surface area (Å²) in [4.78, 5) is 0. The van der Waals surface area contributed by atoms with Gasteiger partial charge in [0.05, 0.1) is 0 Å². The van der Waals surface area contributed by atoms with E-state index in [1.807, 2.05) is 0 Å². The first-order chi connectivity index (χ1) is 31.4. The third-order valence-electron chi connectivity index (χ3n) is 16.6. The van der Waals surface area contributed by atoms with E-state index in [0.717, 1.165) is 34.7 Å². The third kappa shape index (κ3) is 28.8. The van der Waals surface area contributed by atoms with Crippen molar-refractivity contribution < 1.29 is 0 Å². The van der Waals surface area contributed by atoms with Crippen LogP contribution in [0.25, 0.3) is 0 Å². The molecule has 0 nitrogen and oxygen atoms in total. The molecule has 0 amide bonds. The summed E-state index contributed by atoms with van der Waals surface area (Å²) in [7, 11) is 0. The molecule has 0 radical (unpaired) electrons. The van der Waals surface area contributed by atoms with E-state index in [9.17, 15) is 0 Å². The summed E-state index contributed by atoms with van der Waals surface area (Å²) < 4.78 is 0. The largest absolute Gasteiger partial charge is 0.179 e. The first-order valence-electron chi connectivity index (χ1n) is 29.1. The summed E-state index contributed by atoms with van der Waals surface area (Å²) >= 11 is 28.9. The average Bonchev–Trinajstić information content (AvgIpc) is 3.30. The Morgan fingerprint density at radius 1 is 0.359 bits per heavy atom. The second-order valence-electron chi connectivity index (χ2n) is 21.7. The second kappa shape index (κ2) is 46.2. The minimum Gasteiger partial charge on any atom is -0.179 e. The maximum Gasteiger partial charge on any atom is 0.0104 e. The molecule has 6 heteroatoms. The fraction of sp³-hybridized carbons (Fsp3) is 1.00. The molecule has 0 heterocycles. The Morgan fingerprint density at radius 2 is 0.609 bits per heavy atom. The highest BCUT2D eigenvalue weighted by Crippen LogP contribution is 2.68. The number of hydrogen-bond acceptors (Lipinski definition) is 6. The van der Waals surface area contributed by atoms with Gasteiger partial charge in [-0.2, -0.15) is 75.8 Å². The molecule has 1 rings (SSSR count). The van der Waals surface area contributed by atoms with Crippen LogP contribution in [-0.4, -0.2) is 34.0 Å². The highest BCUT2D eigenvalue weighted by atomic mass is 32.1. The van der Waals surface area contributed by atoms with Gasteiger partial charge in [0.25, 0.3) is 0 Å². The van der Waals surface area contributed by atoms with Gasteiger partial charge in [-0.05, 0) is 115 Å². The van der Waals surface area contributed by atoms with Crippen molar-refractivity contribution in [3.8, 4) is 0 Å². The van der Waals surface area contributed by atoms with Crippen LogP contribution < -0.4 is 0 Å². The van der Waals surface area contributed by atoms with Crippen molar-refractivity contribution in [1.29, 1.82) is 0 Å². The SMILES string of the molecule is CC1CC(CCCCCCCCCCCCS)C(CCCCCCCCCCCCS)(C(C)CS)C(CCCCCCCCCCCCS)(CCCCCCCCCCCCS)C1S. The Labute approximate surface area is 437 Å². The number of unbranched alkanes of at least 4 members (excludes halogenated alkanes) is 36. The maximum atomic E-state index is 5.91. The molecule has 0 N–H and O–H groups in total. The fourth-order valence-corrected chi connectivity index (χ4v) is 14.7. The molecule has 64 heavy (non-hydrogen) atoms. The maximum absolute atomic E-state index is 5.91. The van der Waals surface area contributed by atoms with Crippen LogP contribution in [0.15, 0.2) is 0 Å². The topological polar surface area (TPSA) is 0 Å². The minimum absolute atomic E-state index is 0.320. The molecular formula is C58H116S6. The van der Waals surface area contributed by atoms with Gasteiger partial charge in [-0.15, -0.1) is 0 Å². The van der Waals surface area contributed by atoms with E-state index in [-0.39, 0.29) is 0 Å². The predicted molar refractivity (Wildman–Crippen MR) is 316 cm³/mol. The Hall–Kier alpha value is 2.10. The molecule has 5 atom stereocenters. The summed E-state index contributed by atoms with van der Waals surface area (Å²) in [6.07, 6.45) is 63.4. The summed E-state index contributed by atoms with van der Waals surface area (Å²) in [6.45, 7) is 5.32. The van der Waals surface area contributed by atoms with E-state index in [4.69, 9.17) is 25.3 Å². The summed E-state index contributed by atoms with van der Waals surface area (Å²) in [5, 5.41) is 0.510. The molecule has 1 fully saturated rings. The zero-order valence-corrected chi connectivity index (χ0v) is 48.7. The summed E-state index contributed by atoms with van der Waals surface area (Å²) in [6, 6.07) is 0. The van der Waals surface area contributed by atoms with E-state index in [1.54, 1.807) is 0 Å². The van der Waals surface area contributed by atoms with Crippen LogP contribution in [0.5, 0.6) is 0 Å². The van der Waals surface area contributed by atoms with Gasteiger partial charge in [0.15, 0.2) is 0 Å². The van der Waals surface area contributed by atoms with Crippen molar-refractivity contribution in [3.05, 3.63) is 0 Å². The van der Waals surface area contributed by atoms with Crippen molar-refractivity contribution in [1.82, 2.24) is 0 Å². The molecule has 0 saturated heterocycles. The fourth-order valence-electron chi connectivity index (χ4n) is 12.8. The first kappa shape index (κ1) is 64.1. The van der Waals surface area contributed by atoms with Crippen LogP contribution in [0, 0.1) is 28.6 Å². The van der Waals surface area contributed by atoms with Crippen molar-refractivity contribution in [3.63, 3.8) is 0 Å². The normalized spacial score (nSPS) is 20.3. The predicted octanol–water partition coefficient (Wildman–Crippen LogP) is 21.4. The van der Waals surface area contributed by atoms with Crippen LogP contribution in [0.1, 0.15) is 303 Å². The molecule has 1 aliphatic carbocycles. The molecule has 0 aromatic rings. The molecule has 1 aliphatic rings. The van der Waals surface area contributed by atoms with Crippen molar-refractivity contribution in [2.24, 2.45) is 28.6 Å². The lowest BCUT2D eigenvalue weighted by atomic mass is 9.41. The van der Waals surface area contributed by atoms with Crippen LogP contribution >= 0.6 is 75.8 Å². The molecule has 0 aliphatic heterocycles. The van der Waals surface area contributed by atoms with Gasteiger partial charge in [0.1, 0.15) is 0 Å². The zero-order valence-electron chi connectivity index (χ0n) is 43.3. The van der Waals surface area contributed by atoms with Gasteiger partial charge >= 0.3 is 0 Å². The van der Waals surface area contributed by atoms with Gasteiger partial charge < -0.3 is 0 Å². The molecular weight excluding hydrogens is 889 g/mol. The van der Waals surface area contributed by atoms with Crippen LogP contribution in [0.3, 0.4) is 0 Å². The lowest BCUT2D eigenvalue weighted by Crippen LogP contribution is -2.61. The second-order valence-corrected chi connectivity index (χ2v) is 24.4. The van der Waals surface area contributed by atoms with Crippen molar-refractivity contribution in [2.45, 2.75) is 308 Å². The van der Waals surface area contributed by atoms with E-state index in [1.165, 1.54) is 289 Å². The first-order valence-corrected chi connectivity index (χ1v) is 32.8. The lowest BCUT2D eigenvalue weighted by molar-refractivity contribution is -0.132. The van der Waals surface area contributed by atoms with Gasteiger partial charge in [0, 0.05) is 5.25 Å². The highest BCUT2D eigenvalue weighted by molar-refractivity contribution is 7.81. The van der Waals surface area contributed by atoms with Crippen molar-refractivity contribution in [2.75, 3.05) is 28.8 Å². The Balaban J connectivity index is 3.22. The number of hydrogen-bond donors (Lipinski definition) is 6. The number of rotatable bonds is 50. The van der Waals surface area contributed by atoms with Crippen molar-refractivity contribution >= 4 is 75.8 Å². The third-order valence-corrected chi connectivity index (χ3v) is 19.4. The molecule has 1 saturated carbocycles. The zero-order chi connectivity index (χ0) is 46.7. The van der Waals surface area contributed by atoms with Crippen LogP contribution in [0.2, 0.25) is 0 Å². The van der Waals surface area contributed by atoms with E-state index >= 15 is 0 Å². The standard InChI is InChI=1S/C58H116S6/c1-53-51-55(43-35-27-19-11-3-7-15-23-31-39-47-59)58(54(2)52-63,46-38-30-22-14-6-10-18-26-34-42-50-62)57(56(53)64,44-36-28-20-12-4-8-16-24-32-40-48-60)45-37-29-21-13-5-9-17-25-33-41-49-61/h53-56,59-64H,3-52H2,1-2H3. The minimum atomic E-state index is 0.320. The smallest absolute Gasteiger partial charge is 0.0104 e. The molecule has 0 bridgehead atoms. The van der Waals surface area contributed by atoms with E-state index in [0.29, 0.717) is 27.9 Å². The van der Waals surface area contributed by atoms with Gasteiger partial charge in [-0.3, -0.25) is 0 Å². The summed E-state index contributed by atoms with van der Waals surface area (Å²) in [5.74, 6) is 7.41. The highest BCUT2D eigenvalue weighted by Gasteiger charge is 2.62. The molecule has 5 unspecified atom stereocenters. The quantitative estimate of drug-likeness (QED) is 0.0254. The molecule has 384 valence electrons. The monoisotopic (exact) mass is 1000 g/mol. The number of thiol groups is 6. The summed E-state index contributed by atoms with van der Waals surface area (Å²) in [5.41, 5.74) is 0.675. The Bertz CT molecular complexity index is 920. The van der Waals surface area contributed by atoms with Gasteiger partial charge in [0.2, 0.25) is 0 Å². The molecule has 0 aromatic heterocycles. The Morgan fingerprint density at radius 3 is 0.891 bits per heavy atom. The molecule has 0 aromatic carbocycles. The van der Waals surface area contributed by atoms with Gasteiger partial charge in [-0.1, -0.05) is 245 Å². The van der Waals surface area contributed by atoms with Crippen LogP contribution in [-0.2, 0) is 0 Å². The van der Waals surface area contributed by atoms with Crippen LogP contribution in [0.4, 0.5) is 0 Å². The van der Waals surface area contributed by atoms with E-state index < -0.39 is 0 Å². The van der Waals surface area contributed by atoms with Gasteiger partial charge in [-0.25, -0.2) is 0 Å². The molecule has 0 spiro atoms. The Kier molecular flexibility index (Phi) is 46.3. The van der Waals surface area contributed by atoms with E-state index in [2.05, 4.69) is 64.4 Å². The average molecular weight is 1010 g/mol.